The van der Waals surface area contributed by atoms with E-state index in [0.29, 0.717) is 0 Å². The van der Waals surface area contributed by atoms with Gasteiger partial charge in [0, 0.05) is 6.07 Å². The van der Waals surface area contributed by atoms with Gasteiger partial charge in [-0.1, -0.05) is 0 Å². The third-order valence-electron chi connectivity index (χ3n) is 1.72. The fourth-order valence-corrected chi connectivity index (χ4v) is 1.14. The third-order valence-corrected chi connectivity index (χ3v) is 1.72. The topological polar surface area (TPSA) is 55.8 Å². The Hall–Kier alpha value is -1.92. The fourth-order valence-electron chi connectivity index (χ4n) is 1.14. The highest BCUT2D eigenvalue weighted by Gasteiger charge is 2.33. The summed E-state index contributed by atoms with van der Waals surface area (Å²) in [7, 11) is 0. The van der Waals surface area contributed by atoms with E-state index in [2.05, 4.69) is 4.74 Å². The van der Waals surface area contributed by atoms with Crippen LogP contribution in [0.1, 0.15) is 17.3 Å². The number of alkyl halides is 3. The maximum atomic E-state index is 12.0. The van der Waals surface area contributed by atoms with Crippen molar-refractivity contribution in [1.82, 2.24) is 0 Å². The molecule has 0 saturated heterocycles. The maximum Gasteiger partial charge on any atom is 0.573 e. The van der Waals surface area contributed by atoms with Crippen molar-refractivity contribution in [3.05, 3.63) is 23.8 Å². The first-order valence-corrected chi connectivity index (χ1v) is 4.59. The van der Waals surface area contributed by atoms with Gasteiger partial charge < -0.3 is 14.6 Å². The monoisotopic (exact) mass is 250 g/mol. The van der Waals surface area contributed by atoms with E-state index in [1.807, 2.05) is 0 Å². The lowest BCUT2D eigenvalue weighted by Gasteiger charge is -2.12. The molecule has 0 aliphatic carbocycles. The first-order valence-electron chi connectivity index (χ1n) is 4.59. The summed E-state index contributed by atoms with van der Waals surface area (Å²) >= 11 is 0. The van der Waals surface area contributed by atoms with Gasteiger partial charge in [-0.25, -0.2) is 4.79 Å². The summed E-state index contributed by atoms with van der Waals surface area (Å²) in [5, 5.41) is 8.70. The zero-order valence-corrected chi connectivity index (χ0v) is 8.75. The highest BCUT2D eigenvalue weighted by Crippen LogP contribution is 2.30. The van der Waals surface area contributed by atoms with Crippen LogP contribution in [0.2, 0.25) is 0 Å². The number of aromatic carboxylic acids is 1. The molecule has 0 atom stereocenters. The Morgan fingerprint density at radius 2 is 2.06 bits per heavy atom. The SMILES string of the molecule is CCOc1ccc(C(=O)O)c(OC(F)(F)F)c1. The predicted molar refractivity (Wildman–Crippen MR) is 51.3 cm³/mol. The Morgan fingerprint density at radius 3 is 2.53 bits per heavy atom. The summed E-state index contributed by atoms with van der Waals surface area (Å²) in [4.78, 5) is 10.7. The van der Waals surface area contributed by atoms with Crippen molar-refractivity contribution in [1.29, 1.82) is 0 Å². The van der Waals surface area contributed by atoms with Gasteiger partial charge in [-0.2, -0.15) is 0 Å². The summed E-state index contributed by atoms with van der Waals surface area (Å²) in [6.07, 6.45) is -4.95. The van der Waals surface area contributed by atoms with E-state index < -0.39 is 23.6 Å². The molecule has 94 valence electrons. The molecule has 0 saturated carbocycles. The van der Waals surface area contributed by atoms with Crippen LogP contribution in [0, 0.1) is 0 Å². The summed E-state index contributed by atoms with van der Waals surface area (Å²) in [5.74, 6) is -2.19. The van der Waals surface area contributed by atoms with E-state index >= 15 is 0 Å². The molecular formula is C10H9F3O4. The summed E-state index contributed by atoms with van der Waals surface area (Å²) in [5.41, 5.74) is -0.578. The molecule has 17 heavy (non-hydrogen) atoms. The number of benzene rings is 1. The van der Waals surface area contributed by atoms with Gasteiger partial charge in [-0.15, -0.1) is 13.2 Å². The molecule has 0 aliphatic heterocycles. The highest BCUT2D eigenvalue weighted by molar-refractivity contribution is 5.91. The van der Waals surface area contributed by atoms with Crippen LogP contribution in [-0.4, -0.2) is 24.0 Å². The van der Waals surface area contributed by atoms with Crippen molar-refractivity contribution >= 4 is 5.97 Å². The molecule has 0 aromatic heterocycles. The van der Waals surface area contributed by atoms with E-state index in [9.17, 15) is 18.0 Å². The second kappa shape index (κ2) is 4.94. The van der Waals surface area contributed by atoms with Crippen molar-refractivity contribution in [3.63, 3.8) is 0 Å². The van der Waals surface area contributed by atoms with Crippen LogP contribution in [0.5, 0.6) is 11.5 Å². The Kier molecular flexibility index (Phi) is 3.82. The number of rotatable bonds is 4. The number of halogens is 3. The van der Waals surface area contributed by atoms with Gasteiger partial charge >= 0.3 is 12.3 Å². The number of ether oxygens (including phenoxy) is 2. The van der Waals surface area contributed by atoms with Gasteiger partial charge in [0.05, 0.1) is 6.61 Å². The van der Waals surface area contributed by atoms with Crippen LogP contribution in [0.4, 0.5) is 13.2 Å². The highest BCUT2D eigenvalue weighted by atomic mass is 19.4. The van der Waals surface area contributed by atoms with Crippen LogP contribution in [0.15, 0.2) is 18.2 Å². The zero-order valence-electron chi connectivity index (χ0n) is 8.75. The average molecular weight is 250 g/mol. The quantitative estimate of drug-likeness (QED) is 0.892. The van der Waals surface area contributed by atoms with Gasteiger partial charge in [0.1, 0.15) is 17.1 Å². The van der Waals surface area contributed by atoms with Crippen molar-refractivity contribution in [2.45, 2.75) is 13.3 Å². The van der Waals surface area contributed by atoms with Gasteiger partial charge in [0.15, 0.2) is 0 Å². The Morgan fingerprint density at radius 1 is 1.41 bits per heavy atom. The lowest BCUT2D eigenvalue weighted by molar-refractivity contribution is -0.274. The third kappa shape index (κ3) is 3.86. The average Bonchev–Trinajstić information content (AvgIpc) is 2.15. The first kappa shape index (κ1) is 13.1. The van der Waals surface area contributed by atoms with Crippen LogP contribution < -0.4 is 9.47 Å². The number of carboxylic acid groups (broad SMARTS) is 1. The Bertz CT molecular complexity index is 415. The molecular weight excluding hydrogens is 241 g/mol. The zero-order chi connectivity index (χ0) is 13.1. The molecule has 0 unspecified atom stereocenters. The predicted octanol–water partition coefficient (Wildman–Crippen LogP) is 2.68. The van der Waals surface area contributed by atoms with E-state index in [-0.39, 0.29) is 12.4 Å². The smallest absolute Gasteiger partial charge is 0.494 e. The minimum absolute atomic E-state index is 0.108. The summed E-state index contributed by atoms with van der Waals surface area (Å²) in [6.45, 7) is 1.90. The lowest BCUT2D eigenvalue weighted by atomic mass is 10.2. The van der Waals surface area contributed by atoms with Crippen molar-refractivity contribution < 1.29 is 32.5 Å². The molecule has 0 bridgehead atoms. The molecule has 1 aromatic carbocycles. The molecule has 7 heteroatoms. The number of carbonyl (C=O) groups is 1. The molecule has 0 fully saturated rings. The van der Waals surface area contributed by atoms with Gasteiger partial charge in [0.2, 0.25) is 0 Å². The lowest BCUT2D eigenvalue weighted by Crippen LogP contribution is -2.19. The second-order valence-electron chi connectivity index (χ2n) is 2.94. The van der Waals surface area contributed by atoms with Gasteiger partial charge in [-0.05, 0) is 19.1 Å². The van der Waals surface area contributed by atoms with E-state index in [1.165, 1.54) is 6.07 Å². The molecule has 1 aromatic rings. The van der Waals surface area contributed by atoms with Crippen LogP contribution in [-0.2, 0) is 0 Å². The van der Waals surface area contributed by atoms with E-state index in [1.54, 1.807) is 6.92 Å². The molecule has 4 nitrogen and oxygen atoms in total. The Balaban J connectivity index is 3.11. The van der Waals surface area contributed by atoms with Crippen LogP contribution in [0.25, 0.3) is 0 Å². The van der Waals surface area contributed by atoms with Crippen LogP contribution in [0.3, 0.4) is 0 Å². The fraction of sp³-hybridized carbons (Fsp3) is 0.300. The van der Waals surface area contributed by atoms with Crippen molar-refractivity contribution in [2.75, 3.05) is 6.61 Å². The van der Waals surface area contributed by atoms with Gasteiger partial charge in [0.25, 0.3) is 0 Å². The Labute approximate surface area is 94.6 Å². The first-order chi connectivity index (χ1) is 7.83. The second-order valence-corrected chi connectivity index (χ2v) is 2.94. The van der Waals surface area contributed by atoms with Crippen LogP contribution >= 0.6 is 0 Å². The minimum Gasteiger partial charge on any atom is -0.494 e. The molecule has 1 rings (SSSR count). The maximum absolute atomic E-state index is 12.0. The minimum atomic E-state index is -4.95. The number of hydrogen-bond acceptors (Lipinski definition) is 3. The largest absolute Gasteiger partial charge is 0.573 e. The standard InChI is InChI=1S/C10H9F3O4/c1-2-16-6-3-4-7(9(14)15)8(5-6)17-10(11,12)13/h3-5H,2H2,1H3,(H,14,15). The number of carboxylic acids is 1. The molecule has 1 N–H and O–H groups in total. The van der Waals surface area contributed by atoms with Crippen molar-refractivity contribution in [2.24, 2.45) is 0 Å². The molecule has 0 aliphatic rings. The molecule has 0 amide bonds. The summed E-state index contributed by atoms with van der Waals surface area (Å²) in [6, 6.07) is 3.14. The molecule has 0 radical (unpaired) electrons. The normalized spacial score (nSPS) is 11.1. The van der Waals surface area contributed by atoms with E-state index in [4.69, 9.17) is 9.84 Å². The summed E-state index contributed by atoms with van der Waals surface area (Å²) < 4.78 is 44.7. The molecule has 0 spiro atoms. The van der Waals surface area contributed by atoms with Gasteiger partial charge in [-0.3, -0.25) is 0 Å². The van der Waals surface area contributed by atoms with E-state index in [0.717, 1.165) is 12.1 Å². The molecule has 0 heterocycles. The number of hydrogen-bond donors (Lipinski definition) is 1. The van der Waals surface area contributed by atoms with Crippen molar-refractivity contribution in [3.8, 4) is 11.5 Å².